The number of rotatable bonds is 5. The van der Waals surface area contributed by atoms with Crippen molar-refractivity contribution in [2.24, 2.45) is 0 Å². The van der Waals surface area contributed by atoms with E-state index in [0.717, 1.165) is 14.6 Å². The van der Waals surface area contributed by atoms with Crippen molar-refractivity contribution < 1.29 is 12.8 Å². The van der Waals surface area contributed by atoms with Gasteiger partial charge in [0.1, 0.15) is 10.8 Å². The quantitative estimate of drug-likeness (QED) is 0.344. The van der Waals surface area contributed by atoms with Crippen molar-refractivity contribution in [2.75, 3.05) is 4.31 Å². The molecule has 0 N–H and O–H groups in total. The lowest BCUT2D eigenvalue weighted by atomic mass is 10.2. The van der Waals surface area contributed by atoms with Gasteiger partial charge >= 0.3 is 0 Å². The normalized spacial score (nSPS) is 11.6. The van der Waals surface area contributed by atoms with Gasteiger partial charge < -0.3 is 0 Å². The first-order valence-corrected chi connectivity index (χ1v) is 11.5. The van der Waals surface area contributed by atoms with Gasteiger partial charge in [0.05, 0.1) is 15.9 Å². The van der Waals surface area contributed by atoms with Gasteiger partial charge in [0.25, 0.3) is 10.0 Å². The molecule has 0 aliphatic heterocycles. The Bertz CT molecular complexity index is 1220. The molecule has 3 nitrogen and oxygen atoms in total. The molecule has 0 aliphatic rings. The fourth-order valence-corrected chi connectivity index (χ4v) is 6.75. The molecular formula is C21H15BrFNO2S2. The van der Waals surface area contributed by atoms with Gasteiger partial charge in [0.15, 0.2) is 0 Å². The molecule has 4 rings (SSSR count). The van der Waals surface area contributed by atoms with Crippen LogP contribution in [0.1, 0.15) is 5.56 Å². The van der Waals surface area contributed by atoms with Gasteiger partial charge in [0, 0.05) is 10.1 Å². The summed E-state index contributed by atoms with van der Waals surface area (Å²) in [7, 11) is -3.81. The van der Waals surface area contributed by atoms with Crippen molar-refractivity contribution in [2.45, 2.75) is 11.4 Å². The second-order valence-electron chi connectivity index (χ2n) is 6.17. The Hall–Kier alpha value is -2.22. The summed E-state index contributed by atoms with van der Waals surface area (Å²) in [5.74, 6) is -0.357. The van der Waals surface area contributed by atoms with Gasteiger partial charge in [0.2, 0.25) is 0 Å². The lowest BCUT2D eigenvalue weighted by Crippen LogP contribution is -2.30. The number of thiophene rings is 1. The molecule has 0 unspecified atom stereocenters. The minimum absolute atomic E-state index is 0.100. The fraction of sp³-hybridized carbons (Fsp3) is 0.0476. The monoisotopic (exact) mass is 475 g/mol. The maximum absolute atomic E-state index is 13.5. The summed E-state index contributed by atoms with van der Waals surface area (Å²) in [6.07, 6.45) is 0. The maximum atomic E-state index is 13.5. The molecule has 142 valence electrons. The first-order valence-electron chi connectivity index (χ1n) is 8.46. The van der Waals surface area contributed by atoms with Crippen molar-refractivity contribution in [3.8, 4) is 0 Å². The topological polar surface area (TPSA) is 37.4 Å². The summed E-state index contributed by atoms with van der Waals surface area (Å²) in [6.45, 7) is 0.100. The van der Waals surface area contributed by atoms with Crippen LogP contribution in [0.25, 0.3) is 10.1 Å². The molecule has 0 saturated heterocycles. The van der Waals surface area contributed by atoms with E-state index in [1.807, 2.05) is 24.3 Å². The third-order valence-corrected chi connectivity index (χ3v) is 8.45. The third kappa shape index (κ3) is 3.57. The first-order chi connectivity index (χ1) is 13.5. The molecule has 0 amide bonds. The molecular weight excluding hydrogens is 461 g/mol. The van der Waals surface area contributed by atoms with E-state index in [0.29, 0.717) is 10.6 Å². The molecule has 0 bridgehead atoms. The zero-order chi connectivity index (χ0) is 19.7. The molecule has 7 heteroatoms. The molecule has 1 heterocycles. The Labute approximate surface area is 175 Å². The van der Waals surface area contributed by atoms with Gasteiger partial charge in [-0.1, -0.05) is 48.5 Å². The van der Waals surface area contributed by atoms with Crippen molar-refractivity contribution in [1.82, 2.24) is 0 Å². The van der Waals surface area contributed by atoms with Crippen molar-refractivity contribution in [3.05, 3.63) is 94.7 Å². The number of sulfonamides is 1. The highest BCUT2D eigenvalue weighted by molar-refractivity contribution is 9.10. The van der Waals surface area contributed by atoms with Gasteiger partial charge in [-0.15, -0.1) is 11.3 Å². The number of fused-ring (bicyclic) bond motifs is 1. The lowest BCUT2D eigenvalue weighted by molar-refractivity contribution is 0.590. The molecule has 0 saturated carbocycles. The van der Waals surface area contributed by atoms with Crippen LogP contribution in [-0.4, -0.2) is 8.42 Å². The summed E-state index contributed by atoms with van der Waals surface area (Å²) in [5, 5.41) is 1.55. The van der Waals surface area contributed by atoms with Crippen LogP contribution in [0.15, 0.2) is 88.2 Å². The molecule has 0 atom stereocenters. The number of hydrogen-bond donors (Lipinski definition) is 0. The average molecular weight is 476 g/mol. The zero-order valence-corrected chi connectivity index (χ0v) is 17.8. The van der Waals surface area contributed by atoms with Crippen LogP contribution in [-0.2, 0) is 16.6 Å². The Balaban J connectivity index is 1.88. The van der Waals surface area contributed by atoms with E-state index in [1.165, 1.54) is 27.8 Å². The van der Waals surface area contributed by atoms with E-state index >= 15 is 0 Å². The largest absolute Gasteiger partial charge is 0.265 e. The summed E-state index contributed by atoms with van der Waals surface area (Å²) in [5.41, 5.74) is 0.699. The molecule has 0 aliphatic carbocycles. The van der Waals surface area contributed by atoms with Crippen LogP contribution < -0.4 is 4.31 Å². The minimum Gasteiger partial charge on any atom is -0.251 e. The predicted octanol–water partition coefficient (Wildman–Crippen LogP) is 6.20. The highest BCUT2D eigenvalue weighted by Crippen LogP contribution is 2.44. The highest BCUT2D eigenvalue weighted by Gasteiger charge is 2.29. The molecule has 0 fully saturated rings. The standard InChI is InChI=1S/C21H15BrFNO2S2/c22-20-18-8-4-5-9-19(18)27-21(20)24(14-15-10-12-16(23)13-11-15)28(25,26)17-6-2-1-3-7-17/h1-13H,14H2. The van der Waals surface area contributed by atoms with Gasteiger partial charge in [-0.25, -0.2) is 12.8 Å². The van der Waals surface area contributed by atoms with Gasteiger partial charge in [-0.05, 0) is 51.8 Å². The second kappa shape index (κ2) is 7.66. The fourth-order valence-electron chi connectivity index (χ4n) is 2.90. The minimum atomic E-state index is -3.81. The van der Waals surface area contributed by atoms with Crippen LogP contribution in [0.3, 0.4) is 0 Å². The van der Waals surface area contributed by atoms with Crippen LogP contribution in [0.2, 0.25) is 0 Å². The van der Waals surface area contributed by atoms with Crippen molar-refractivity contribution >= 4 is 52.4 Å². The number of halogens is 2. The number of anilines is 1. The first kappa shape index (κ1) is 19.1. The molecule has 4 aromatic rings. The summed E-state index contributed by atoms with van der Waals surface area (Å²) < 4.78 is 43.3. The number of benzene rings is 3. The van der Waals surface area contributed by atoms with Crippen molar-refractivity contribution in [3.63, 3.8) is 0 Å². The SMILES string of the molecule is O=S(=O)(c1ccccc1)N(Cc1ccc(F)cc1)c1sc2ccccc2c1Br. The summed E-state index contributed by atoms with van der Waals surface area (Å²) in [6, 6.07) is 21.9. The van der Waals surface area contributed by atoms with E-state index in [-0.39, 0.29) is 17.3 Å². The molecule has 1 aromatic heterocycles. The average Bonchev–Trinajstić information content (AvgIpc) is 3.04. The summed E-state index contributed by atoms with van der Waals surface area (Å²) >= 11 is 4.99. The van der Waals surface area contributed by atoms with E-state index < -0.39 is 10.0 Å². The Morgan fingerprint density at radius 2 is 1.54 bits per heavy atom. The second-order valence-corrected chi connectivity index (χ2v) is 9.85. The molecule has 28 heavy (non-hydrogen) atoms. The van der Waals surface area contributed by atoms with E-state index in [1.54, 1.807) is 42.5 Å². The molecule has 0 radical (unpaired) electrons. The van der Waals surface area contributed by atoms with E-state index in [4.69, 9.17) is 0 Å². The van der Waals surface area contributed by atoms with Crippen molar-refractivity contribution in [1.29, 1.82) is 0 Å². The Morgan fingerprint density at radius 1 is 0.893 bits per heavy atom. The summed E-state index contributed by atoms with van der Waals surface area (Å²) in [4.78, 5) is 0.210. The van der Waals surface area contributed by atoms with Crippen LogP contribution in [0.4, 0.5) is 9.39 Å². The maximum Gasteiger partial charge on any atom is 0.265 e. The Morgan fingerprint density at radius 3 is 2.21 bits per heavy atom. The third-order valence-electron chi connectivity index (χ3n) is 4.32. The van der Waals surface area contributed by atoms with Crippen LogP contribution in [0.5, 0.6) is 0 Å². The lowest BCUT2D eigenvalue weighted by Gasteiger charge is -2.23. The predicted molar refractivity (Wildman–Crippen MR) is 116 cm³/mol. The van der Waals surface area contributed by atoms with E-state index in [9.17, 15) is 12.8 Å². The van der Waals surface area contributed by atoms with Crippen LogP contribution in [0, 0.1) is 5.82 Å². The smallest absolute Gasteiger partial charge is 0.251 e. The number of hydrogen-bond acceptors (Lipinski definition) is 3. The van der Waals surface area contributed by atoms with E-state index in [2.05, 4.69) is 15.9 Å². The van der Waals surface area contributed by atoms with Gasteiger partial charge in [-0.2, -0.15) is 0 Å². The van der Waals surface area contributed by atoms with Crippen LogP contribution >= 0.6 is 27.3 Å². The molecule has 3 aromatic carbocycles. The van der Waals surface area contributed by atoms with Gasteiger partial charge in [-0.3, -0.25) is 4.31 Å². The Kier molecular flexibility index (Phi) is 5.23. The highest BCUT2D eigenvalue weighted by atomic mass is 79.9. The number of nitrogens with zero attached hydrogens (tertiary/aromatic N) is 1. The zero-order valence-electron chi connectivity index (χ0n) is 14.5. The molecule has 0 spiro atoms.